The minimum Gasteiger partial charge on any atom is -0.466 e. The van der Waals surface area contributed by atoms with Crippen LogP contribution in [0.5, 0.6) is 0 Å². The van der Waals surface area contributed by atoms with E-state index in [0.717, 1.165) is 43.8 Å². The molecule has 2 aromatic rings. The van der Waals surface area contributed by atoms with Crippen molar-refractivity contribution in [1.29, 1.82) is 0 Å². The second-order valence-corrected chi connectivity index (χ2v) is 7.57. The lowest BCUT2D eigenvalue weighted by Gasteiger charge is -2.47. The maximum atomic E-state index is 12.8. The molecule has 0 bridgehead atoms. The zero-order valence-corrected chi connectivity index (χ0v) is 15.7. The van der Waals surface area contributed by atoms with E-state index in [1.807, 2.05) is 13.0 Å². The highest BCUT2D eigenvalue weighted by atomic mass is 35.5. The van der Waals surface area contributed by atoms with Gasteiger partial charge in [0, 0.05) is 28.2 Å². The summed E-state index contributed by atoms with van der Waals surface area (Å²) in [6.07, 6.45) is 3.85. The Morgan fingerprint density at radius 3 is 2.84 bits per heavy atom. The fourth-order valence-corrected chi connectivity index (χ4v) is 4.86. The van der Waals surface area contributed by atoms with Crippen molar-refractivity contribution < 1.29 is 9.53 Å². The molecule has 0 amide bonds. The Kier molecular flexibility index (Phi) is 4.28. The normalized spacial score (nSPS) is 21.6. The first-order chi connectivity index (χ1) is 12.1. The topological polar surface area (TPSA) is 43.3 Å². The van der Waals surface area contributed by atoms with Gasteiger partial charge in [0.1, 0.15) is 0 Å². The molecule has 1 aromatic heterocycles. The number of benzene rings is 1. The first-order valence-corrected chi connectivity index (χ1v) is 9.71. The molecule has 1 aliphatic heterocycles. The van der Waals surface area contributed by atoms with Crippen molar-refractivity contribution in [1.82, 2.24) is 9.88 Å². The Balaban J connectivity index is 1.90. The summed E-state index contributed by atoms with van der Waals surface area (Å²) in [5, 5.41) is 5.65. The molecule has 2 aliphatic rings. The number of carbonyl (C=O) groups is 1. The van der Waals surface area contributed by atoms with Gasteiger partial charge in [0.05, 0.1) is 18.1 Å². The van der Waals surface area contributed by atoms with Crippen LogP contribution in [-0.2, 0) is 22.5 Å². The van der Waals surface area contributed by atoms with Crippen LogP contribution in [0.1, 0.15) is 50.4 Å². The molecule has 0 spiro atoms. The molecule has 134 valence electrons. The van der Waals surface area contributed by atoms with Crippen molar-refractivity contribution >= 4 is 28.5 Å². The predicted octanol–water partition coefficient (Wildman–Crippen LogP) is 4.23. The van der Waals surface area contributed by atoms with Gasteiger partial charge in [0.15, 0.2) is 0 Å². The Hall–Kier alpha value is -1.52. The first kappa shape index (κ1) is 16.9. The molecular weight excluding hydrogens is 336 g/mol. The quantitative estimate of drug-likeness (QED) is 0.829. The van der Waals surface area contributed by atoms with Gasteiger partial charge >= 0.3 is 5.97 Å². The van der Waals surface area contributed by atoms with Crippen molar-refractivity contribution in [3.05, 3.63) is 34.5 Å². The standard InChI is InChI=1S/C20H25ClN2O2/c1-3-23-16-7-6-13(21)12-15(16)14-8-11-22-18(17(14)23)20(9-5-10-20)19(24)25-4-2/h6-7,12,18,22H,3-5,8-11H2,1-2H3. The first-order valence-electron chi connectivity index (χ1n) is 9.33. The van der Waals surface area contributed by atoms with E-state index in [1.54, 1.807) is 0 Å². The largest absolute Gasteiger partial charge is 0.466 e. The predicted molar refractivity (Wildman–Crippen MR) is 100.0 cm³/mol. The smallest absolute Gasteiger partial charge is 0.314 e. The Morgan fingerprint density at radius 2 is 2.20 bits per heavy atom. The summed E-state index contributed by atoms with van der Waals surface area (Å²) >= 11 is 6.27. The number of ether oxygens (including phenoxy) is 1. The van der Waals surface area contributed by atoms with Crippen LogP contribution in [0.15, 0.2) is 18.2 Å². The van der Waals surface area contributed by atoms with Gasteiger partial charge in [-0.3, -0.25) is 4.79 Å². The van der Waals surface area contributed by atoms with Crippen LogP contribution in [-0.4, -0.2) is 23.7 Å². The Labute approximate surface area is 153 Å². The molecule has 1 N–H and O–H groups in total. The molecule has 2 heterocycles. The van der Waals surface area contributed by atoms with Gasteiger partial charge in [-0.05, 0) is 63.4 Å². The van der Waals surface area contributed by atoms with Gasteiger partial charge in [-0.15, -0.1) is 0 Å². The van der Waals surface area contributed by atoms with Gasteiger partial charge in [-0.1, -0.05) is 18.0 Å². The zero-order valence-electron chi connectivity index (χ0n) is 14.9. The number of nitrogens with zero attached hydrogens (tertiary/aromatic N) is 1. The molecule has 1 unspecified atom stereocenters. The number of hydrogen-bond acceptors (Lipinski definition) is 3. The van der Waals surface area contributed by atoms with Crippen molar-refractivity contribution in [2.75, 3.05) is 13.2 Å². The number of carbonyl (C=O) groups excluding carboxylic acids is 1. The number of aryl methyl sites for hydroxylation is 1. The minimum atomic E-state index is -0.420. The van der Waals surface area contributed by atoms with E-state index in [9.17, 15) is 4.79 Å². The van der Waals surface area contributed by atoms with Crippen LogP contribution < -0.4 is 5.32 Å². The van der Waals surface area contributed by atoms with Crippen LogP contribution in [0.2, 0.25) is 5.02 Å². The summed E-state index contributed by atoms with van der Waals surface area (Å²) < 4.78 is 7.83. The van der Waals surface area contributed by atoms with Crippen molar-refractivity contribution in [3.8, 4) is 0 Å². The fourth-order valence-electron chi connectivity index (χ4n) is 4.69. The van der Waals surface area contributed by atoms with E-state index in [4.69, 9.17) is 16.3 Å². The summed E-state index contributed by atoms with van der Waals surface area (Å²) in [5.41, 5.74) is 3.40. The van der Waals surface area contributed by atoms with Gasteiger partial charge in [0.25, 0.3) is 0 Å². The third kappa shape index (κ3) is 2.42. The molecule has 25 heavy (non-hydrogen) atoms. The van der Waals surface area contributed by atoms with Crippen LogP contribution in [0.4, 0.5) is 0 Å². The van der Waals surface area contributed by atoms with E-state index in [-0.39, 0.29) is 12.0 Å². The minimum absolute atomic E-state index is 0.0233. The van der Waals surface area contributed by atoms with E-state index in [2.05, 4.69) is 28.9 Å². The van der Waals surface area contributed by atoms with Gasteiger partial charge < -0.3 is 14.6 Å². The third-order valence-electron chi connectivity index (χ3n) is 5.97. The lowest BCUT2D eigenvalue weighted by molar-refractivity contribution is -0.164. The molecule has 1 fully saturated rings. The van der Waals surface area contributed by atoms with E-state index >= 15 is 0 Å². The van der Waals surface area contributed by atoms with Crippen molar-refractivity contribution in [2.24, 2.45) is 5.41 Å². The maximum Gasteiger partial charge on any atom is 0.314 e. The van der Waals surface area contributed by atoms with Crippen molar-refractivity contribution in [2.45, 2.75) is 52.1 Å². The van der Waals surface area contributed by atoms with Crippen LogP contribution >= 0.6 is 11.6 Å². The molecule has 1 atom stereocenters. The number of aromatic nitrogens is 1. The summed E-state index contributed by atoms with van der Waals surface area (Å²) in [4.78, 5) is 12.8. The molecule has 0 saturated heterocycles. The number of hydrogen-bond donors (Lipinski definition) is 1. The maximum absolute atomic E-state index is 12.8. The summed E-state index contributed by atoms with van der Waals surface area (Å²) in [6, 6.07) is 6.15. The van der Waals surface area contributed by atoms with Crippen LogP contribution in [0.3, 0.4) is 0 Å². The molecule has 1 aromatic carbocycles. The second-order valence-electron chi connectivity index (χ2n) is 7.14. The highest BCUT2D eigenvalue weighted by Crippen LogP contribution is 2.53. The molecule has 1 aliphatic carbocycles. The highest BCUT2D eigenvalue weighted by Gasteiger charge is 2.54. The number of halogens is 1. The van der Waals surface area contributed by atoms with E-state index < -0.39 is 5.41 Å². The molecule has 5 heteroatoms. The highest BCUT2D eigenvalue weighted by molar-refractivity contribution is 6.31. The Bertz CT molecular complexity index is 823. The third-order valence-corrected chi connectivity index (χ3v) is 6.20. The zero-order chi connectivity index (χ0) is 17.6. The van der Waals surface area contributed by atoms with Gasteiger partial charge in [0.2, 0.25) is 0 Å². The van der Waals surface area contributed by atoms with Gasteiger partial charge in [-0.2, -0.15) is 0 Å². The summed E-state index contributed by atoms with van der Waals surface area (Å²) in [5.74, 6) is -0.0439. The van der Waals surface area contributed by atoms with Gasteiger partial charge in [-0.25, -0.2) is 0 Å². The van der Waals surface area contributed by atoms with E-state index in [1.165, 1.54) is 22.2 Å². The molecular formula is C20H25ClN2O2. The lowest BCUT2D eigenvalue weighted by atomic mass is 9.62. The average Bonchev–Trinajstić information content (AvgIpc) is 2.88. The fraction of sp³-hybridized carbons (Fsp3) is 0.550. The average molecular weight is 361 g/mol. The Morgan fingerprint density at radius 1 is 1.40 bits per heavy atom. The number of nitrogens with one attached hydrogen (secondary N) is 1. The number of esters is 1. The second kappa shape index (κ2) is 6.33. The monoisotopic (exact) mass is 360 g/mol. The summed E-state index contributed by atoms with van der Waals surface area (Å²) in [7, 11) is 0. The van der Waals surface area contributed by atoms with E-state index in [0.29, 0.717) is 6.61 Å². The lowest BCUT2D eigenvalue weighted by Crippen LogP contribution is -2.52. The molecule has 4 rings (SSSR count). The molecule has 1 saturated carbocycles. The number of fused-ring (bicyclic) bond motifs is 3. The molecule has 0 radical (unpaired) electrons. The van der Waals surface area contributed by atoms with Crippen LogP contribution in [0, 0.1) is 5.41 Å². The molecule has 4 nitrogen and oxygen atoms in total. The van der Waals surface area contributed by atoms with Crippen LogP contribution in [0.25, 0.3) is 10.9 Å². The summed E-state index contributed by atoms with van der Waals surface area (Å²) in [6.45, 7) is 6.25. The van der Waals surface area contributed by atoms with Crippen molar-refractivity contribution in [3.63, 3.8) is 0 Å². The SMILES string of the molecule is CCOC(=O)C1(C2NCCc3c2n(CC)c2ccc(Cl)cc32)CCC1. The number of rotatable bonds is 4.